The van der Waals surface area contributed by atoms with E-state index in [2.05, 4.69) is 0 Å². The van der Waals surface area contributed by atoms with E-state index in [-0.39, 0.29) is 0 Å². The minimum atomic E-state index is -1.26. The maximum absolute atomic E-state index is 12.2. The molecule has 1 atom stereocenters. The fourth-order valence-corrected chi connectivity index (χ4v) is 3.00. The molecule has 0 N–H and O–H groups in total. The summed E-state index contributed by atoms with van der Waals surface area (Å²) in [5.74, 6) is 0. The standard InChI is InChI=1S/C12H8Cl2OS/c13-9-6-7-12(11(14)8-9)16(15)10-4-2-1-3-5-10/h1-8H. The lowest BCUT2D eigenvalue weighted by Crippen LogP contribution is -2.02. The number of hydrogen-bond acceptors (Lipinski definition) is 1. The summed E-state index contributed by atoms with van der Waals surface area (Å²) in [6, 6.07) is 14.1. The Morgan fingerprint density at radius 2 is 1.62 bits per heavy atom. The predicted molar refractivity (Wildman–Crippen MR) is 67.6 cm³/mol. The van der Waals surface area contributed by atoms with Crippen LogP contribution >= 0.6 is 23.2 Å². The zero-order chi connectivity index (χ0) is 11.5. The second-order valence-electron chi connectivity index (χ2n) is 3.16. The Morgan fingerprint density at radius 1 is 0.938 bits per heavy atom. The molecule has 0 fully saturated rings. The number of benzene rings is 2. The molecule has 2 aromatic carbocycles. The zero-order valence-corrected chi connectivity index (χ0v) is 10.5. The molecule has 16 heavy (non-hydrogen) atoms. The largest absolute Gasteiger partial charge is 0.606 e. The molecule has 0 heterocycles. The lowest BCUT2D eigenvalue weighted by Gasteiger charge is -2.10. The van der Waals surface area contributed by atoms with Gasteiger partial charge in [0.25, 0.3) is 0 Å². The molecule has 0 amide bonds. The van der Waals surface area contributed by atoms with Crippen LogP contribution in [0.2, 0.25) is 10.0 Å². The lowest BCUT2D eigenvalue weighted by molar-refractivity contribution is 0.595. The predicted octanol–water partition coefficient (Wildman–Crippen LogP) is 4.16. The van der Waals surface area contributed by atoms with Gasteiger partial charge in [0.2, 0.25) is 0 Å². The Bertz CT molecular complexity index is 488. The van der Waals surface area contributed by atoms with E-state index >= 15 is 0 Å². The van der Waals surface area contributed by atoms with E-state index in [1.807, 2.05) is 18.2 Å². The minimum absolute atomic E-state index is 0.426. The van der Waals surface area contributed by atoms with Gasteiger partial charge in [0.15, 0.2) is 9.79 Å². The Labute approximate surface area is 107 Å². The molecule has 1 nitrogen and oxygen atoms in total. The molecule has 1 unspecified atom stereocenters. The first-order valence-electron chi connectivity index (χ1n) is 4.60. The smallest absolute Gasteiger partial charge is 0.177 e. The van der Waals surface area contributed by atoms with E-state index in [1.165, 1.54) is 0 Å². The highest BCUT2D eigenvalue weighted by molar-refractivity contribution is 7.91. The van der Waals surface area contributed by atoms with Crippen LogP contribution in [0.25, 0.3) is 0 Å². The van der Waals surface area contributed by atoms with Crippen molar-refractivity contribution in [1.29, 1.82) is 0 Å². The zero-order valence-electron chi connectivity index (χ0n) is 8.19. The van der Waals surface area contributed by atoms with Crippen molar-refractivity contribution in [2.75, 3.05) is 0 Å². The van der Waals surface area contributed by atoms with Crippen molar-refractivity contribution in [3.8, 4) is 0 Å². The van der Waals surface area contributed by atoms with Crippen LogP contribution in [0.15, 0.2) is 58.3 Å². The maximum atomic E-state index is 12.2. The summed E-state index contributed by atoms with van der Waals surface area (Å²) in [6.07, 6.45) is 0. The summed E-state index contributed by atoms with van der Waals surface area (Å²) in [5.41, 5.74) is 0. The normalized spacial score (nSPS) is 12.4. The average molecular weight is 271 g/mol. The Hall–Kier alpha value is -0.670. The van der Waals surface area contributed by atoms with Gasteiger partial charge in [-0.1, -0.05) is 41.4 Å². The Kier molecular flexibility index (Phi) is 3.77. The van der Waals surface area contributed by atoms with Gasteiger partial charge in [-0.15, -0.1) is 0 Å². The molecule has 82 valence electrons. The van der Waals surface area contributed by atoms with Crippen LogP contribution < -0.4 is 0 Å². The average Bonchev–Trinajstić information content (AvgIpc) is 2.29. The minimum Gasteiger partial charge on any atom is -0.606 e. The molecule has 0 aliphatic rings. The summed E-state index contributed by atoms with van der Waals surface area (Å²) in [6.45, 7) is 0. The van der Waals surface area contributed by atoms with Crippen LogP contribution in [0.4, 0.5) is 0 Å². The second-order valence-corrected chi connectivity index (χ2v) is 5.45. The molecule has 0 bridgehead atoms. The molecule has 4 heteroatoms. The third-order valence-electron chi connectivity index (χ3n) is 2.05. The van der Waals surface area contributed by atoms with Crippen molar-refractivity contribution in [1.82, 2.24) is 0 Å². The van der Waals surface area contributed by atoms with Crippen LogP contribution in [0.5, 0.6) is 0 Å². The molecular weight excluding hydrogens is 263 g/mol. The van der Waals surface area contributed by atoms with E-state index < -0.39 is 11.2 Å². The third kappa shape index (κ3) is 2.53. The van der Waals surface area contributed by atoms with Crippen molar-refractivity contribution in [3.63, 3.8) is 0 Å². The van der Waals surface area contributed by atoms with Gasteiger partial charge in [-0.05, 0) is 30.3 Å². The molecule has 0 spiro atoms. The monoisotopic (exact) mass is 270 g/mol. The van der Waals surface area contributed by atoms with E-state index in [0.29, 0.717) is 14.9 Å². The third-order valence-corrected chi connectivity index (χ3v) is 4.17. The number of rotatable bonds is 2. The van der Waals surface area contributed by atoms with Gasteiger partial charge >= 0.3 is 0 Å². The fraction of sp³-hybridized carbons (Fsp3) is 0. The van der Waals surface area contributed by atoms with E-state index in [9.17, 15) is 4.55 Å². The maximum Gasteiger partial charge on any atom is 0.177 e. The highest BCUT2D eigenvalue weighted by Crippen LogP contribution is 2.29. The molecule has 0 saturated heterocycles. The summed E-state index contributed by atoms with van der Waals surface area (Å²) in [7, 11) is 0. The summed E-state index contributed by atoms with van der Waals surface area (Å²) >= 11 is 10.5. The van der Waals surface area contributed by atoms with Gasteiger partial charge in [0.05, 0.1) is 5.02 Å². The Morgan fingerprint density at radius 3 is 2.25 bits per heavy atom. The molecular formula is C12H8Cl2OS. The van der Waals surface area contributed by atoms with Crippen molar-refractivity contribution in [3.05, 3.63) is 58.6 Å². The topological polar surface area (TPSA) is 23.1 Å². The SMILES string of the molecule is [O-][S+](c1ccccc1)c1ccc(Cl)cc1Cl. The van der Waals surface area contributed by atoms with E-state index in [4.69, 9.17) is 23.2 Å². The van der Waals surface area contributed by atoms with Gasteiger partial charge in [0, 0.05) is 16.2 Å². The first kappa shape index (κ1) is 11.8. The van der Waals surface area contributed by atoms with Crippen LogP contribution in [-0.2, 0) is 11.2 Å². The number of halogens is 2. The fourth-order valence-electron chi connectivity index (χ4n) is 1.30. The first-order valence-corrected chi connectivity index (χ1v) is 6.51. The summed E-state index contributed by atoms with van der Waals surface area (Å²) in [5, 5.41) is 0.966. The molecule has 0 radical (unpaired) electrons. The van der Waals surface area contributed by atoms with E-state index in [1.54, 1.807) is 30.3 Å². The quantitative estimate of drug-likeness (QED) is 0.752. The highest BCUT2D eigenvalue weighted by atomic mass is 35.5. The van der Waals surface area contributed by atoms with Gasteiger partial charge in [0.1, 0.15) is 0 Å². The summed E-state index contributed by atoms with van der Waals surface area (Å²) < 4.78 is 12.2. The van der Waals surface area contributed by atoms with Gasteiger partial charge in [-0.2, -0.15) is 0 Å². The van der Waals surface area contributed by atoms with Gasteiger partial charge < -0.3 is 4.55 Å². The Balaban J connectivity index is 2.38. The van der Waals surface area contributed by atoms with Gasteiger partial charge in [-0.3, -0.25) is 0 Å². The second kappa shape index (κ2) is 5.11. The van der Waals surface area contributed by atoms with Crippen molar-refractivity contribution < 1.29 is 4.55 Å². The van der Waals surface area contributed by atoms with Crippen molar-refractivity contribution in [2.24, 2.45) is 0 Å². The molecule has 0 aliphatic heterocycles. The van der Waals surface area contributed by atoms with Crippen LogP contribution in [0.3, 0.4) is 0 Å². The number of hydrogen-bond donors (Lipinski definition) is 0. The van der Waals surface area contributed by atoms with Crippen molar-refractivity contribution >= 4 is 34.4 Å². The molecule has 0 aromatic heterocycles. The molecule has 0 saturated carbocycles. The van der Waals surface area contributed by atoms with Gasteiger partial charge in [-0.25, -0.2) is 0 Å². The van der Waals surface area contributed by atoms with E-state index in [0.717, 1.165) is 4.90 Å². The molecule has 2 rings (SSSR count). The first-order chi connectivity index (χ1) is 7.68. The van der Waals surface area contributed by atoms with Crippen LogP contribution in [0.1, 0.15) is 0 Å². The molecule has 2 aromatic rings. The van der Waals surface area contributed by atoms with Crippen LogP contribution in [0, 0.1) is 0 Å². The van der Waals surface area contributed by atoms with Crippen molar-refractivity contribution in [2.45, 2.75) is 9.79 Å². The summed E-state index contributed by atoms with van der Waals surface area (Å²) in [4.78, 5) is 1.31. The molecule has 0 aliphatic carbocycles. The van der Waals surface area contributed by atoms with Crippen LogP contribution in [-0.4, -0.2) is 4.55 Å². The highest BCUT2D eigenvalue weighted by Gasteiger charge is 2.17. The lowest BCUT2D eigenvalue weighted by atomic mass is 10.4.